The lowest BCUT2D eigenvalue weighted by Crippen LogP contribution is -2.30. The van der Waals surface area contributed by atoms with Gasteiger partial charge in [-0.15, -0.1) is 0 Å². The third-order valence-corrected chi connectivity index (χ3v) is 3.49. The maximum absolute atomic E-state index is 12.6. The molecule has 0 bridgehead atoms. The fraction of sp³-hybridized carbons (Fsp3) is 0.312. The molecule has 6 heteroatoms. The van der Waals surface area contributed by atoms with E-state index in [0.717, 1.165) is 5.56 Å². The summed E-state index contributed by atoms with van der Waals surface area (Å²) in [6, 6.07) is 9.39. The van der Waals surface area contributed by atoms with Crippen LogP contribution in [0.2, 0.25) is 0 Å². The second-order valence-corrected chi connectivity index (χ2v) is 4.87. The third kappa shape index (κ3) is 3.16. The molecule has 0 spiro atoms. The van der Waals surface area contributed by atoms with Crippen molar-refractivity contribution in [3.05, 3.63) is 58.0 Å². The number of ether oxygens (including phenoxy) is 1. The summed E-state index contributed by atoms with van der Waals surface area (Å²) in [5.41, 5.74) is 0.623. The van der Waals surface area contributed by atoms with Crippen LogP contribution in [0.1, 0.15) is 30.4 Å². The fourth-order valence-corrected chi connectivity index (χ4v) is 2.34. The van der Waals surface area contributed by atoms with Crippen molar-refractivity contribution in [3.8, 4) is 5.75 Å². The number of benzene rings is 1. The molecule has 0 fully saturated rings. The number of methoxy groups -OCH3 is 1. The van der Waals surface area contributed by atoms with Gasteiger partial charge in [0.2, 0.25) is 0 Å². The molecule has 116 valence electrons. The molecule has 0 radical (unpaired) electrons. The minimum absolute atomic E-state index is 0.142. The number of aliphatic carboxylic acids is 1. The fourth-order valence-electron chi connectivity index (χ4n) is 2.34. The van der Waals surface area contributed by atoms with Crippen LogP contribution < -0.4 is 10.3 Å². The van der Waals surface area contributed by atoms with E-state index < -0.39 is 17.4 Å². The van der Waals surface area contributed by atoms with Gasteiger partial charge in [-0.3, -0.25) is 9.59 Å². The molecule has 2 aromatic rings. The van der Waals surface area contributed by atoms with Crippen LogP contribution in [0.3, 0.4) is 0 Å². The number of rotatable bonds is 6. The van der Waals surface area contributed by atoms with Crippen LogP contribution in [0.5, 0.6) is 5.75 Å². The van der Waals surface area contributed by atoms with Crippen LogP contribution in [-0.4, -0.2) is 28.0 Å². The Morgan fingerprint density at radius 3 is 2.59 bits per heavy atom. The minimum Gasteiger partial charge on any atom is -0.495 e. The van der Waals surface area contributed by atoms with Crippen molar-refractivity contribution in [2.24, 2.45) is 0 Å². The van der Waals surface area contributed by atoms with Gasteiger partial charge in [-0.1, -0.05) is 37.3 Å². The predicted molar refractivity (Wildman–Crippen MR) is 81.3 cm³/mol. The lowest BCUT2D eigenvalue weighted by molar-refractivity contribution is -0.138. The first kappa shape index (κ1) is 15.8. The van der Waals surface area contributed by atoms with E-state index in [1.165, 1.54) is 18.0 Å². The molecule has 0 aliphatic rings. The van der Waals surface area contributed by atoms with Gasteiger partial charge in [0, 0.05) is 0 Å². The van der Waals surface area contributed by atoms with Gasteiger partial charge in [0.05, 0.1) is 31.3 Å². The molecule has 2 rings (SSSR count). The van der Waals surface area contributed by atoms with Gasteiger partial charge in [-0.05, 0) is 12.0 Å². The zero-order valence-corrected chi connectivity index (χ0v) is 12.5. The molecular formula is C16H18N2O4. The first-order valence-electron chi connectivity index (χ1n) is 6.99. The first-order chi connectivity index (χ1) is 10.6. The summed E-state index contributed by atoms with van der Waals surface area (Å²) in [7, 11) is 1.40. The van der Waals surface area contributed by atoms with E-state index in [0.29, 0.717) is 6.42 Å². The van der Waals surface area contributed by atoms with Crippen LogP contribution in [0.25, 0.3) is 0 Å². The van der Waals surface area contributed by atoms with Gasteiger partial charge < -0.3 is 9.84 Å². The Kier molecular flexibility index (Phi) is 4.93. The second-order valence-electron chi connectivity index (χ2n) is 4.87. The molecule has 1 atom stereocenters. The van der Waals surface area contributed by atoms with Crippen LogP contribution in [-0.2, 0) is 11.3 Å². The van der Waals surface area contributed by atoms with E-state index in [4.69, 9.17) is 4.74 Å². The lowest BCUT2D eigenvalue weighted by Gasteiger charge is -2.15. The molecule has 0 saturated heterocycles. The minimum atomic E-state index is -1.05. The molecule has 22 heavy (non-hydrogen) atoms. The van der Waals surface area contributed by atoms with Crippen molar-refractivity contribution in [1.82, 2.24) is 9.78 Å². The average molecular weight is 302 g/mol. The largest absolute Gasteiger partial charge is 0.495 e. The Labute approximate surface area is 128 Å². The summed E-state index contributed by atoms with van der Waals surface area (Å²) < 4.78 is 6.39. The topological polar surface area (TPSA) is 81.4 Å². The van der Waals surface area contributed by atoms with Crippen molar-refractivity contribution in [2.45, 2.75) is 25.8 Å². The molecule has 1 unspecified atom stereocenters. The smallest absolute Gasteiger partial charge is 0.311 e. The quantitative estimate of drug-likeness (QED) is 0.881. The number of carbonyl (C=O) groups is 1. The Hall–Kier alpha value is -2.63. The highest BCUT2D eigenvalue weighted by molar-refractivity contribution is 5.76. The summed E-state index contributed by atoms with van der Waals surface area (Å²) in [6.07, 6.45) is 1.70. The third-order valence-electron chi connectivity index (χ3n) is 3.49. The highest BCUT2D eigenvalue weighted by Crippen LogP contribution is 2.25. The summed E-state index contributed by atoms with van der Waals surface area (Å²) in [6.45, 7) is 2.01. The van der Waals surface area contributed by atoms with E-state index in [9.17, 15) is 14.7 Å². The van der Waals surface area contributed by atoms with Gasteiger partial charge >= 0.3 is 5.97 Å². The standard InChI is InChI=1S/C16H18N2O4/c1-3-12(16(20)21)14-13(22-2)9-17-18(15(14)19)10-11-7-5-4-6-8-11/h4-9,12H,3,10H2,1-2H3,(H,20,21). The molecule has 0 amide bonds. The monoisotopic (exact) mass is 302 g/mol. The van der Waals surface area contributed by atoms with Gasteiger partial charge in [0.1, 0.15) is 5.75 Å². The number of hydrogen-bond acceptors (Lipinski definition) is 4. The second kappa shape index (κ2) is 6.89. The summed E-state index contributed by atoms with van der Waals surface area (Å²) in [4.78, 5) is 24.0. The highest BCUT2D eigenvalue weighted by atomic mass is 16.5. The van der Waals surface area contributed by atoms with Crippen molar-refractivity contribution >= 4 is 5.97 Å². The van der Waals surface area contributed by atoms with Gasteiger partial charge in [0.25, 0.3) is 5.56 Å². The summed E-state index contributed by atoms with van der Waals surface area (Å²) >= 11 is 0. The lowest BCUT2D eigenvalue weighted by atomic mass is 9.97. The number of carboxylic acids is 1. The zero-order valence-electron chi connectivity index (χ0n) is 12.5. The molecule has 1 aromatic carbocycles. The van der Waals surface area contributed by atoms with E-state index in [1.807, 2.05) is 30.3 Å². The Bertz CT molecular complexity index is 710. The molecule has 6 nitrogen and oxygen atoms in total. The van der Waals surface area contributed by atoms with E-state index in [-0.39, 0.29) is 17.9 Å². The molecule has 1 aromatic heterocycles. The maximum Gasteiger partial charge on any atom is 0.311 e. The average Bonchev–Trinajstić information content (AvgIpc) is 2.52. The van der Waals surface area contributed by atoms with Crippen LogP contribution in [0.15, 0.2) is 41.3 Å². The van der Waals surface area contributed by atoms with Crippen molar-refractivity contribution in [2.75, 3.05) is 7.11 Å². The normalized spacial score (nSPS) is 11.9. The molecule has 0 saturated carbocycles. The SMILES string of the molecule is CCC(C(=O)O)c1c(OC)cnn(Cc2ccccc2)c1=O. The van der Waals surface area contributed by atoms with Crippen LogP contribution in [0.4, 0.5) is 0 Å². The van der Waals surface area contributed by atoms with E-state index >= 15 is 0 Å². The molecular weight excluding hydrogens is 284 g/mol. The molecule has 1 heterocycles. The number of hydrogen-bond donors (Lipinski definition) is 1. The Morgan fingerprint density at radius 1 is 1.36 bits per heavy atom. The molecule has 0 aliphatic carbocycles. The van der Waals surface area contributed by atoms with Gasteiger partial charge in [-0.25, -0.2) is 4.68 Å². The van der Waals surface area contributed by atoms with Crippen molar-refractivity contribution in [1.29, 1.82) is 0 Å². The highest BCUT2D eigenvalue weighted by Gasteiger charge is 2.26. The summed E-state index contributed by atoms with van der Waals surface area (Å²) in [5.74, 6) is -1.74. The first-order valence-corrected chi connectivity index (χ1v) is 6.99. The Morgan fingerprint density at radius 2 is 2.05 bits per heavy atom. The van der Waals surface area contributed by atoms with Gasteiger partial charge in [-0.2, -0.15) is 5.10 Å². The maximum atomic E-state index is 12.6. The van der Waals surface area contributed by atoms with Crippen molar-refractivity contribution < 1.29 is 14.6 Å². The number of nitrogens with zero attached hydrogens (tertiary/aromatic N) is 2. The van der Waals surface area contributed by atoms with Gasteiger partial charge in [0.15, 0.2) is 0 Å². The van der Waals surface area contributed by atoms with E-state index in [1.54, 1.807) is 6.92 Å². The number of aromatic nitrogens is 2. The molecule has 1 N–H and O–H groups in total. The molecule has 0 aliphatic heterocycles. The van der Waals surface area contributed by atoms with E-state index in [2.05, 4.69) is 5.10 Å². The predicted octanol–water partition coefficient (Wildman–Crippen LogP) is 1.88. The van der Waals surface area contributed by atoms with Crippen molar-refractivity contribution in [3.63, 3.8) is 0 Å². The summed E-state index contributed by atoms with van der Waals surface area (Å²) in [5, 5.41) is 13.4. The Balaban J connectivity index is 2.50. The zero-order chi connectivity index (χ0) is 16.1. The van der Waals surface area contributed by atoms with Crippen LogP contribution >= 0.6 is 0 Å². The van der Waals surface area contributed by atoms with Crippen LogP contribution in [0, 0.1) is 0 Å². The number of carboxylic acid groups (broad SMARTS) is 1.